The molecule has 0 spiro atoms. The number of likely N-dealkylation sites (N-methyl/N-ethyl adjacent to an activating group) is 1. The summed E-state index contributed by atoms with van der Waals surface area (Å²) in [6, 6.07) is -0.565. The lowest BCUT2D eigenvalue weighted by Crippen LogP contribution is -2.51. The van der Waals surface area contributed by atoms with E-state index in [2.05, 4.69) is 4.98 Å². The molecule has 1 aromatic rings. The van der Waals surface area contributed by atoms with Crippen LogP contribution in [-0.4, -0.2) is 78.9 Å². The smallest absolute Gasteiger partial charge is 0.420 e. The number of aromatic nitrogens is 2. The molecule has 1 heterocycles. The van der Waals surface area contributed by atoms with Crippen LogP contribution < -0.4 is 0 Å². The zero-order valence-electron chi connectivity index (χ0n) is 16.0. The van der Waals surface area contributed by atoms with Gasteiger partial charge in [-0.1, -0.05) is 0 Å². The van der Waals surface area contributed by atoms with E-state index in [0.717, 1.165) is 0 Å². The van der Waals surface area contributed by atoms with E-state index in [0.29, 0.717) is 21.9 Å². The number of rotatable bonds is 7. The Morgan fingerprint density at radius 3 is 2.31 bits per heavy atom. The molecule has 0 saturated heterocycles. The summed E-state index contributed by atoms with van der Waals surface area (Å²) in [7, 11) is 6.86. The van der Waals surface area contributed by atoms with Gasteiger partial charge in [-0.25, -0.2) is 23.9 Å². The van der Waals surface area contributed by atoms with Crippen molar-refractivity contribution in [3.63, 3.8) is 0 Å². The number of nitrogens with zero attached hydrogens (tertiary/aromatic N) is 3. The van der Waals surface area contributed by atoms with Gasteiger partial charge in [0.2, 0.25) is 0 Å². The summed E-state index contributed by atoms with van der Waals surface area (Å²) < 4.78 is 16.3. The number of carbonyl (C=O) groups excluding carboxylic acids is 3. The summed E-state index contributed by atoms with van der Waals surface area (Å²) in [5.41, 5.74) is 0.443. The lowest BCUT2D eigenvalue weighted by Gasteiger charge is -2.32. The van der Waals surface area contributed by atoms with Crippen LogP contribution in [0.25, 0.3) is 0 Å². The second kappa shape index (κ2) is 9.58. The molecule has 1 atom stereocenters. The molecule has 146 valence electrons. The van der Waals surface area contributed by atoms with Crippen LogP contribution in [0.4, 0.5) is 9.59 Å². The number of esters is 1. The topological polar surface area (TPSA) is 96.7 Å². The van der Waals surface area contributed by atoms with Gasteiger partial charge in [-0.3, -0.25) is 0 Å². The van der Waals surface area contributed by atoms with Crippen LogP contribution in [-0.2, 0) is 25.4 Å². The van der Waals surface area contributed by atoms with Crippen LogP contribution in [0.5, 0.6) is 0 Å². The third-order valence-corrected chi connectivity index (χ3v) is 4.26. The van der Waals surface area contributed by atoms with Crippen molar-refractivity contribution < 1.29 is 33.1 Å². The molecule has 0 amide bonds. The van der Waals surface area contributed by atoms with E-state index in [1.54, 1.807) is 13.8 Å². The van der Waals surface area contributed by atoms with Gasteiger partial charge >= 0.3 is 17.4 Å². The lowest BCUT2D eigenvalue weighted by molar-refractivity contribution is -0.887. The second-order valence-electron chi connectivity index (χ2n) is 6.21. The summed E-state index contributed by atoms with van der Waals surface area (Å²) in [5.74, 6) is -0.409. The molecule has 0 fully saturated rings. The standard InChI is InChI=1S/C16H26N3O6S/c1-7-24-15(21)18-11(9-12(13(20)23-6)19(3,4)5)10-17-14(18)26-16(22)25-8-2/h10,12H,7-9H2,1-6H3/q+1/t12-/m0/s1. The SMILES string of the molecule is CCOC(=O)Sc1ncc(C[C@@H](C(=O)OC)[N+](C)(C)C)n1C(=O)OCC. The van der Waals surface area contributed by atoms with Gasteiger partial charge in [-0.2, -0.15) is 0 Å². The van der Waals surface area contributed by atoms with E-state index >= 15 is 0 Å². The van der Waals surface area contributed by atoms with Crippen LogP contribution in [0.1, 0.15) is 19.5 Å². The predicted molar refractivity (Wildman–Crippen MR) is 95.1 cm³/mol. The Hall–Kier alpha value is -2.07. The van der Waals surface area contributed by atoms with Gasteiger partial charge in [-0.15, -0.1) is 0 Å². The first-order chi connectivity index (χ1) is 12.1. The van der Waals surface area contributed by atoms with Crippen LogP contribution in [0.15, 0.2) is 11.4 Å². The summed E-state index contributed by atoms with van der Waals surface area (Å²) in [4.78, 5) is 40.4. The van der Waals surface area contributed by atoms with Crippen LogP contribution in [0, 0.1) is 0 Å². The lowest BCUT2D eigenvalue weighted by atomic mass is 10.1. The van der Waals surface area contributed by atoms with E-state index in [9.17, 15) is 14.4 Å². The van der Waals surface area contributed by atoms with Crippen molar-refractivity contribution >= 4 is 29.1 Å². The number of quaternary nitrogens is 1. The Balaban J connectivity index is 3.24. The fraction of sp³-hybridized carbons (Fsp3) is 0.625. The maximum Gasteiger partial charge on any atom is 0.420 e. The molecular formula is C16H26N3O6S+. The van der Waals surface area contributed by atoms with Crippen molar-refractivity contribution in [2.45, 2.75) is 31.5 Å². The summed E-state index contributed by atoms with van der Waals surface area (Å²) in [5, 5.41) is -0.451. The number of ether oxygens (including phenoxy) is 3. The van der Waals surface area contributed by atoms with Crippen molar-refractivity contribution in [3.8, 4) is 0 Å². The molecule has 10 heteroatoms. The molecule has 1 rings (SSSR count). The van der Waals surface area contributed by atoms with Crippen molar-refractivity contribution in [2.24, 2.45) is 0 Å². The summed E-state index contributed by atoms with van der Waals surface area (Å²) >= 11 is 0.687. The number of imidazole rings is 1. The molecule has 0 saturated carbocycles. The maximum absolute atomic E-state index is 12.4. The quantitative estimate of drug-likeness (QED) is 0.302. The van der Waals surface area contributed by atoms with E-state index in [4.69, 9.17) is 14.2 Å². The third-order valence-electron chi connectivity index (χ3n) is 3.50. The van der Waals surface area contributed by atoms with Crippen molar-refractivity contribution in [2.75, 3.05) is 41.5 Å². The number of hydrogen-bond acceptors (Lipinski definition) is 8. The number of carbonyl (C=O) groups is 3. The minimum atomic E-state index is -0.670. The van der Waals surface area contributed by atoms with Gasteiger partial charge in [0.15, 0.2) is 11.2 Å². The average Bonchev–Trinajstić information content (AvgIpc) is 2.93. The van der Waals surface area contributed by atoms with Gasteiger partial charge in [0.25, 0.3) is 0 Å². The van der Waals surface area contributed by atoms with Crippen molar-refractivity contribution in [1.82, 2.24) is 9.55 Å². The number of thioether (sulfide) groups is 1. The van der Waals surface area contributed by atoms with E-state index < -0.39 is 23.4 Å². The van der Waals surface area contributed by atoms with Crippen LogP contribution >= 0.6 is 11.8 Å². The highest BCUT2D eigenvalue weighted by Gasteiger charge is 2.35. The first-order valence-electron chi connectivity index (χ1n) is 8.12. The van der Waals surface area contributed by atoms with Gasteiger partial charge < -0.3 is 18.7 Å². The van der Waals surface area contributed by atoms with Crippen LogP contribution in [0.2, 0.25) is 0 Å². The molecule has 1 aromatic heterocycles. The van der Waals surface area contributed by atoms with Gasteiger partial charge in [0, 0.05) is 11.8 Å². The molecule has 0 aliphatic rings. The molecule has 0 aliphatic heterocycles. The summed E-state index contributed by atoms with van der Waals surface area (Å²) in [6.45, 7) is 3.74. The van der Waals surface area contributed by atoms with Gasteiger partial charge in [0.05, 0.1) is 59.8 Å². The van der Waals surface area contributed by atoms with E-state index in [1.165, 1.54) is 17.9 Å². The Bertz CT molecular complexity index is 653. The molecule has 0 aromatic carbocycles. The highest BCUT2D eigenvalue weighted by atomic mass is 32.2. The molecule has 9 nitrogen and oxygen atoms in total. The predicted octanol–water partition coefficient (Wildman–Crippen LogP) is 1.93. The minimum absolute atomic E-state index is 0.127. The Kier molecular flexibility index (Phi) is 8.09. The molecule has 0 aliphatic carbocycles. The number of methoxy groups -OCH3 is 1. The van der Waals surface area contributed by atoms with Gasteiger partial charge in [-0.05, 0) is 13.8 Å². The molecular weight excluding hydrogens is 362 g/mol. The second-order valence-corrected chi connectivity index (χ2v) is 7.11. The summed E-state index contributed by atoms with van der Waals surface area (Å²) in [6.07, 6.45) is 0.965. The number of hydrogen-bond donors (Lipinski definition) is 0. The maximum atomic E-state index is 12.4. The minimum Gasteiger partial charge on any atom is -0.465 e. The fourth-order valence-corrected chi connectivity index (χ4v) is 2.91. The largest absolute Gasteiger partial charge is 0.465 e. The first-order valence-corrected chi connectivity index (χ1v) is 8.94. The van der Waals surface area contributed by atoms with E-state index in [-0.39, 0.29) is 24.8 Å². The van der Waals surface area contributed by atoms with Crippen LogP contribution in [0.3, 0.4) is 0 Å². The average molecular weight is 388 g/mol. The highest BCUT2D eigenvalue weighted by Crippen LogP contribution is 2.23. The molecule has 26 heavy (non-hydrogen) atoms. The third kappa shape index (κ3) is 5.73. The Labute approximate surface area is 157 Å². The monoisotopic (exact) mass is 388 g/mol. The molecule has 0 N–H and O–H groups in total. The first kappa shape index (κ1) is 22.0. The van der Waals surface area contributed by atoms with E-state index in [1.807, 2.05) is 21.1 Å². The fourth-order valence-electron chi connectivity index (χ4n) is 2.20. The highest BCUT2D eigenvalue weighted by molar-refractivity contribution is 8.13. The molecule has 0 unspecified atom stereocenters. The zero-order valence-corrected chi connectivity index (χ0v) is 16.8. The Morgan fingerprint density at radius 2 is 1.81 bits per heavy atom. The molecule has 0 radical (unpaired) electrons. The normalized spacial score (nSPS) is 12.4. The van der Waals surface area contributed by atoms with Gasteiger partial charge in [0.1, 0.15) is 0 Å². The Morgan fingerprint density at radius 1 is 1.19 bits per heavy atom. The van der Waals surface area contributed by atoms with Crippen molar-refractivity contribution in [3.05, 3.63) is 11.9 Å². The molecule has 0 bridgehead atoms. The zero-order chi connectivity index (χ0) is 19.9. The van der Waals surface area contributed by atoms with Crippen molar-refractivity contribution in [1.29, 1.82) is 0 Å².